The Morgan fingerprint density at radius 3 is 2.54 bits per heavy atom. The fourth-order valence-electron chi connectivity index (χ4n) is 4.73. The Balaban J connectivity index is 1.54. The van der Waals surface area contributed by atoms with Crippen molar-refractivity contribution >= 4 is 34.5 Å². The number of benzene rings is 4. The number of hydrogen-bond donors (Lipinski definition) is 3. The maximum absolute atomic E-state index is 13.8. The van der Waals surface area contributed by atoms with Gasteiger partial charge < -0.3 is 15.4 Å². The van der Waals surface area contributed by atoms with Crippen molar-refractivity contribution < 1.29 is 19.1 Å². The molecule has 1 amide bonds. The first-order chi connectivity index (χ1) is 18.9. The van der Waals surface area contributed by atoms with Gasteiger partial charge in [-0.1, -0.05) is 67.4 Å². The molecule has 3 N–H and O–H groups in total. The molecule has 1 aromatic heterocycles. The Labute approximate surface area is 229 Å². The van der Waals surface area contributed by atoms with E-state index in [1.165, 1.54) is 18.2 Å². The van der Waals surface area contributed by atoms with Gasteiger partial charge in [0.25, 0.3) is 5.91 Å². The molecule has 4 aromatic carbocycles. The van der Waals surface area contributed by atoms with Crippen molar-refractivity contribution in [3.05, 3.63) is 112 Å². The van der Waals surface area contributed by atoms with E-state index in [9.17, 15) is 19.1 Å². The number of carbonyl (C=O) groups excluding carboxylic acids is 1. The number of aromatic carboxylic acids is 1. The molecule has 5 rings (SSSR count). The quantitative estimate of drug-likeness (QED) is 0.188. The highest BCUT2D eigenvalue weighted by molar-refractivity contribution is 6.34. The second-order valence-electron chi connectivity index (χ2n) is 9.20. The molecule has 0 aliphatic rings. The predicted octanol–water partition coefficient (Wildman–Crippen LogP) is 7.66. The van der Waals surface area contributed by atoms with E-state index in [1.807, 2.05) is 37.3 Å². The second-order valence-corrected chi connectivity index (χ2v) is 9.61. The van der Waals surface area contributed by atoms with E-state index in [1.54, 1.807) is 36.4 Å². The Morgan fingerprint density at radius 2 is 1.79 bits per heavy atom. The summed E-state index contributed by atoms with van der Waals surface area (Å²) in [4.78, 5) is 33.6. The van der Waals surface area contributed by atoms with Gasteiger partial charge in [0.15, 0.2) is 0 Å². The lowest BCUT2D eigenvalue weighted by Crippen LogP contribution is -2.28. The number of fused-ring (bicyclic) bond motifs is 1. The average molecular weight is 542 g/mol. The lowest BCUT2D eigenvalue weighted by atomic mass is 9.93. The summed E-state index contributed by atoms with van der Waals surface area (Å²) in [5.74, 6) is -1.50. The van der Waals surface area contributed by atoms with E-state index in [2.05, 4.69) is 15.3 Å². The van der Waals surface area contributed by atoms with E-state index >= 15 is 0 Å². The molecule has 5 aromatic rings. The minimum atomic E-state index is -1.20. The monoisotopic (exact) mass is 541 g/mol. The summed E-state index contributed by atoms with van der Waals surface area (Å²) >= 11 is 6.63. The van der Waals surface area contributed by atoms with Crippen LogP contribution in [-0.2, 0) is 0 Å². The van der Waals surface area contributed by atoms with Gasteiger partial charge >= 0.3 is 5.97 Å². The number of carboxylic acid groups (broad SMARTS) is 1. The predicted molar refractivity (Wildman–Crippen MR) is 150 cm³/mol. The molecule has 1 atom stereocenters. The SMILES string of the molecule is CCC[C@H](NC(=O)c1ccc(-c2c(Cl)cccc2-c2nc3ccccc3[nH]2)c(C(=O)O)c1)c1cccc(F)c1. The van der Waals surface area contributed by atoms with Crippen molar-refractivity contribution in [3.63, 3.8) is 0 Å². The summed E-state index contributed by atoms with van der Waals surface area (Å²) in [5, 5.41) is 13.4. The number of carbonyl (C=O) groups is 2. The van der Waals surface area contributed by atoms with Crippen molar-refractivity contribution in [2.75, 3.05) is 0 Å². The first-order valence-electron chi connectivity index (χ1n) is 12.5. The number of amides is 1. The number of carboxylic acids is 1. The van der Waals surface area contributed by atoms with Crippen LogP contribution in [-0.4, -0.2) is 27.0 Å². The molecular formula is C31H25ClFN3O3. The molecule has 0 aliphatic heterocycles. The summed E-state index contributed by atoms with van der Waals surface area (Å²) < 4.78 is 13.8. The molecule has 0 saturated heterocycles. The van der Waals surface area contributed by atoms with E-state index in [-0.39, 0.29) is 16.9 Å². The maximum atomic E-state index is 13.8. The number of nitrogens with one attached hydrogen (secondary N) is 2. The third-order valence-electron chi connectivity index (χ3n) is 6.57. The topological polar surface area (TPSA) is 95.1 Å². The van der Waals surface area contributed by atoms with Crippen molar-refractivity contribution in [1.82, 2.24) is 15.3 Å². The number of aromatic nitrogens is 2. The lowest BCUT2D eigenvalue weighted by Gasteiger charge is -2.19. The van der Waals surface area contributed by atoms with Crippen LogP contribution in [0, 0.1) is 5.82 Å². The molecule has 0 saturated carbocycles. The van der Waals surface area contributed by atoms with Crippen LogP contribution in [0.3, 0.4) is 0 Å². The van der Waals surface area contributed by atoms with E-state index in [4.69, 9.17) is 11.6 Å². The van der Waals surface area contributed by atoms with Crippen LogP contribution in [0.4, 0.5) is 4.39 Å². The summed E-state index contributed by atoms with van der Waals surface area (Å²) in [5.41, 5.74) is 3.82. The molecule has 0 fully saturated rings. The third-order valence-corrected chi connectivity index (χ3v) is 6.89. The van der Waals surface area contributed by atoms with E-state index < -0.39 is 17.9 Å². The van der Waals surface area contributed by atoms with Crippen molar-refractivity contribution in [1.29, 1.82) is 0 Å². The Kier molecular flexibility index (Phi) is 7.43. The van der Waals surface area contributed by atoms with Crippen molar-refractivity contribution in [3.8, 4) is 22.5 Å². The van der Waals surface area contributed by atoms with E-state index in [0.29, 0.717) is 39.5 Å². The molecule has 196 valence electrons. The van der Waals surface area contributed by atoms with Gasteiger partial charge in [0.05, 0.1) is 22.6 Å². The van der Waals surface area contributed by atoms with Crippen LogP contribution in [0.25, 0.3) is 33.5 Å². The van der Waals surface area contributed by atoms with E-state index in [0.717, 1.165) is 17.5 Å². The lowest BCUT2D eigenvalue weighted by molar-refractivity contribution is 0.0697. The molecule has 0 aliphatic carbocycles. The van der Waals surface area contributed by atoms with Gasteiger partial charge in [-0.2, -0.15) is 0 Å². The van der Waals surface area contributed by atoms with Gasteiger partial charge in [0.1, 0.15) is 11.6 Å². The highest BCUT2D eigenvalue weighted by Crippen LogP contribution is 2.39. The second kappa shape index (κ2) is 11.1. The van der Waals surface area contributed by atoms with Gasteiger partial charge in [-0.25, -0.2) is 14.2 Å². The van der Waals surface area contributed by atoms with Crippen molar-refractivity contribution in [2.24, 2.45) is 0 Å². The maximum Gasteiger partial charge on any atom is 0.336 e. The molecule has 0 bridgehead atoms. The standard InChI is InChI=1S/C31H25ClFN3O3/c1-2-7-25(18-8-5-9-20(33)16-18)36-30(37)19-14-15-21(23(17-19)31(38)39)28-22(10-6-11-24(28)32)29-34-26-12-3-4-13-27(26)35-29/h3-6,8-17,25H,2,7H2,1H3,(H,34,35)(H,36,37)(H,38,39)/t25-/m0/s1. The number of hydrogen-bond acceptors (Lipinski definition) is 3. The van der Waals surface area contributed by atoms with Gasteiger partial charge in [0.2, 0.25) is 0 Å². The molecule has 8 heteroatoms. The summed E-state index contributed by atoms with van der Waals surface area (Å²) in [6.07, 6.45) is 1.36. The highest BCUT2D eigenvalue weighted by Gasteiger charge is 2.23. The molecule has 39 heavy (non-hydrogen) atoms. The zero-order chi connectivity index (χ0) is 27.5. The Bertz CT molecular complexity index is 1670. The number of rotatable bonds is 8. The number of H-pyrrole nitrogens is 1. The number of para-hydroxylation sites is 2. The highest BCUT2D eigenvalue weighted by atomic mass is 35.5. The van der Waals surface area contributed by atoms with Crippen LogP contribution in [0.5, 0.6) is 0 Å². The zero-order valence-electron chi connectivity index (χ0n) is 21.0. The summed E-state index contributed by atoms with van der Waals surface area (Å²) in [6, 6.07) is 23.0. The smallest absolute Gasteiger partial charge is 0.336 e. The fourth-order valence-corrected chi connectivity index (χ4v) is 5.01. The zero-order valence-corrected chi connectivity index (χ0v) is 21.8. The summed E-state index contributed by atoms with van der Waals surface area (Å²) in [7, 11) is 0. The molecule has 6 nitrogen and oxygen atoms in total. The van der Waals surface area contributed by atoms with Crippen LogP contribution in [0.1, 0.15) is 52.1 Å². The van der Waals surface area contributed by atoms with Crippen molar-refractivity contribution in [2.45, 2.75) is 25.8 Å². The minimum absolute atomic E-state index is 0.0779. The van der Waals surface area contributed by atoms with Crippen LogP contribution in [0.2, 0.25) is 5.02 Å². The molecular weight excluding hydrogens is 517 g/mol. The Morgan fingerprint density at radius 1 is 1.00 bits per heavy atom. The van der Waals surface area contributed by atoms with Crippen LogP contribution in [0.15, 0.2) is 84.9 Å². The fraction of sp³-hybridized carbons (Fsp3) is 0.129. The van der Waals surface area contributed by atoms with Crippen LogP contribution >= 0.6 is 11.6 Å². The van der Waals surface area contributed by atoms with Gasteiger partial charge in [-0.15, -0.1) is 0 Å². The minimum Gasteiger partial charge on any atom is -0.478 e. The third kappa shape index (κ3) is 5.40. The normalized spacial score (nSPS) is 11.9. The summed E-state index contributed by atoms with van der Waals surface area (Å²) in [6.45, 7) is 1.97. The van der Waals surface area contributed by atoms with Gasteiger partial charge in [-0.3, -0.25) is 4.79 Å². The van der Waals surface area contributed by atoms with Crippen LogP contribution < -0.4 is 5.32 Å². The first kappa shape index (κ1) is 26.1. The molecule has 0 spiro atoms. The Hall–Kier alpha value is -4.49. The molecule has 0 unspecified atom stereocenters. The largest absolute Gasteiger partial charge is 0.478 e. The number of aromatic amines is 1. The number of halogens is 2. The molecule has 0 radical (unpaired) electrons. The van der Waals surface area contributed by atoms with Gasteiger partial charge in [0, 0.05) is 21.7 Å². The average Bonchev–Trinajstić information content (AvgIpc) is 3.36. The number of imidazole rings is 1. The van der Waals surface area contributed by atoms with Gasteiger partial charge in [-0.05, 0) is 60.0 Å². The molecule has 1 heterocycles. The first-order valence-corrected chi connectivity index (χ1v) is 12.9. The number of nitrogens with zero attached hydrogens (tertiary/aromatic N) is 1.